The molecule has 1 aliphatic carbocycles. The molecule has 0 bridgehead atoms. The Kier molecular flexibility index (Phi) is 7.85. The molecule has 37 heavy (non-hydrogen) atoms. The van der Waals surface area contributed by atoms with Crippen LogP contribution in [0.1, 0.15) is 39.5 Å². The van der Waals surface area contributed by atoms with E-state index in [1.165, 1.54) is 0 Å². The first-order valence-electron chi connectivity index (χ1n) is 13.2. The van der Waals surface area contributed by atoms with E-state index in [1.54, 1.807) is 6.33 Å². The van der Waals surface area contributed by atoms with Gasteiger partial charge in [-0.1, -0.05) is 6.92 Å². The number of amides is 1. The summed E-state index contributed by atoms with van der Waals surface area (Å²) in [5.41, 5.74) is 2.43. The molecule has 1 saturated carbocycles. The number of fused-ring (bicyclic) bond motifs is 1. The van der Waals surface area contributed by atoms with Crippen LogP contribution in [0.15, 0.2) is 30.6 Å². The number of anilines is 1. The first kappa shape index (κ1) is 25.4. The number of piperazine rings is 1. The van der Waals surface area contributed by atoms with E-state index in [0.29, 0.717) is 52.4 Å². The molecule has 2 aromatic heterocycles. The molecule has 1 N–H and O–H groups in total. The Morgan fingerprint density at radius 2 is 1.81 bits per heavy atom. The molecular weight excluding hydrogens is 472 g/mol. The molecule has 0 radical (unpaired) electrons. The Balaban J connectivity index is 1.16. The van der Waals surface area contributed by atoms with Crippen molar-refractivity contribution in [3.05, 3.63) is 30.6 Å². The van der Waals surface area contributed by atoms with Gasteiger partial charge in [-0.3, -0.25) is 9.89 Å². The van der Waals surface area contributed by atoms with Crippen molar-refractivity contribution in [2.45, 2.75) is 45.1 Å². The zero-order valence-electron chi connectivity index (χ0n) is 21.7. The van der Waals surface area contributed by atoms with Crippen molar-refractivity contribution >= 4 is 22.6 Å². The molecule has 10 nitrogen and oxygen atoms in total. The second kappa shape index (κ2) is 11.4. The second-order valence-electron chi connectivity index (χ2n) is 9.94. The molecule has 1 aromatic carbocycles. The number of hydrogen-bond donors (Lipinski definition) is 1. The number of benzene rings is 1. The highest BCUT2D eigenvalue weighted by Gasteiger charge is 2.40. The van der Waals surface area contributed by atoms with Gasteiger partial charge in [-0.05, 0) is 44.4 Å². The SMILES string of the molecule is CCCOCCOCCC(=O)N1CCN(c2cc(-c3n[nH]c4ccc(OC5(C)CC5)cc34)ncn2)CC1. The molecule has 5 rings (SSSR count). The van der Waals surface area contributed by atoms with Gasteiger partial charge in [0.25, 0.3) is 0 Å². The summed E-state index contributed by atoms with van der Waals surface area (Å²) in [5.74, 6) is 1.81. The van der Waals surface area contributed by atoms with Crippen molar-refractivity contribution in [3.63, 3.8) is 0 Å². The number of nitrogens with one attached hydrogen (secondary N) is 1. The number of H-pyrrole nitrogens is 1. The lowest BCUT2D eigenvalue weighted by Gasteiger charge is -2.35. The summed E-state index contributed by atoms with van der Waals surface area (Å²) in [5, 5.41) is 8.61. The summed E-state index contributed by atoms with van der Waals surface area (Å²) >= 11 is 0. The standard InChI is InChI=1S/C27H36N6O4/c1-3-13-35-15-16-36-14-6-25(34)33-11-9-32(10-12-33)24-18-23(28-19-29-24)26-21-17-20(37-27(2)7-8-27)4-5-22(21)30-31-26/h4-5,17-19H,3,6-16H2,1-2H3,(H,30,31). The van der Waals surface area contributed by atoms with Gasteiger partial charge in [-0.2, -0.15) is 5.10 Å². The third-order valence-electron chi connectivity index (χ3n) is 6.89. The molecule has 2 fully saturated rings. The van der Waals surface area contributed by atoms with E-state index in [9.17, 15) is 4.79 Å². The third kappa shape index (κ3) is 6.37. The summed E-state index contributed by atoms with van der Waals surface area (Å²) in [7, 11) is 0. The summed E-state index contributed by atoms with van der Waals surface area (Å²) in [6, 6.07) is 7.98. The van der Waals surface area contributed by atoms with Crippen LogP contribution in [0.25, 0.3) is 22.3 Å². The molecule has 3 heterocycles. The van der Waals surface area contributed by atoms with Gasteiger partial charge in [0.05, 0.1) is 37.5 Å². The maximum Gasteiger partial charge on any atom is 0.225 e. The average molecular weight is 509 g/mol. The lowest BCUT2D eigenvalue weighted by Crippen LogP contribution is -2.49. The Labute approximate surface area is 217 Å². The zero-order valence-corrected chi connectivity index (χ0v) is 21.7. The summed E-state index contributed by atoms with van der Waals surface area (Å²) in [4.78, 5) is 25.7. The summed E-state index contributed by atoms with van der Waals surface area (Å²) < 4.78 is 17.1. The highest BCUT2D eigenvalue weighted by atomic mass is 16.5. The van der Waals surface area contributed by atoms with Crippen LogP contribution in [0.4, 0.5) is 5.82 Å². The maximum absolute atomic E-state index is 12.6. The van der Waals surface area contributed by atoms with Crippen LogP contribution in [0, 0.1) is 0 Å². The molecule has 10 heteroatoms. The highest BCUT2D eigenvalue weighted by Crippen LogP contribution is 2.40. The van der Waals surface area contributed by atoms with E-state index < -0.39 is 0 Å². The number of aromatic nitrogens is 4. The quantitative estimate of drug-likeness (QED) is 0.371. The van der Waals surface area contributed by atoms with E-state index in [-0.39, 0.29) is 11.5 Å². The molecule has 1 saturated heterocycles. The second-order valence-corrected chi connectivity index (χ2v) is 9.94. The minimum absolute atomic E-state index is 0.0422. The zero-order chi connectivity index (χ0) is 25.7. The molecule has 1 aliphatic heterocycles. The van der Waals surface area contributed by atoms with Crippen LogP contribution < -0.4 is 9.64 Å². The fraction of sp³-hybridized carbons (Fsp3) is 0.556. The van der Waals surface area contributed by atoms with Gasteiger partial charge >= 0.3 is 0 Å². The molecule has 0 atom stereocenters. The topological polar surface area (TPSA) is 106 Å². The van der Waals surface area contributed by atoms with Gasteiger partial charge < -0.3 is 24.0 Å². The fourth-order valence-electron chi connectivity index (χ4n) is 4.43. The number of ether oxygens (including phenoxy) is 3. The number of rotatable bonds is 12. The molecule has 3 aromatic rings. The van der Waals surface area contributed by atoms with Crippen LogP contribution in [0.2, 0.25) is 0 Å². The Morgan fingerprint density at radius 1 is 1.03 bits per heavy atom. The number of aromatic amines is 1. The van der Waals surface area contributed by atoms with E-state index in [1.807, 2.05) is 29.2 Å². The van der Waals surface area contributed by atoms with Crippen LogP contribution in [0.5, 0.6) is 5.75 Å². The largest absolute Gasteiger partial charge is 0.488 e. The predicted molar refractivity (Wildman–Crippen MR) is 141 cm³/mol. The minimum Gasteiger partial charge on any atom is -0.488 e. The Hall–Kier alpha value is -3.24. The van der Waals surface area contributed by atoms with E-state index >= 15 is 0 Å². The van der Waals surface area contributed by atoms with Gasteiger partial charge in [-0.25, -0.2) is 9.97 Å². The van der Waals surface area contributed by atoms with Crippen LogP contribution >= 0.6 is 0 Å². The smallest absolute Gasteiger partial charge is 0.225 e. The van der Waals surface area contributed by atoms with Gasteiger partial charge in [-0.15, -0.1) is 0 Å². The van der Waals surface area contributed by atoms with Crippen molar-refractivity contribution in [1.82, 2.24) is 25.1 Å². The number of carbonyl (C=O) groups is 1. The van der Waals surface area contributed by atoms with Gasteiger partial charge in [0.15, 0.2) is 0 Å². The van der Waals surface area contributed by atoms with Crippen molar-refractivity contribution < 1.29 is 19.0 Å². The first-order valence-corrected chi connectivity index (χ1v) is 13.2. The van der Waals surface area contributed by atoms with E-state index in [4.69, 9.17) is 14.2 Å². The van der Waals surface area contributed by atoms with Crippen LogP contribution in [-0.2, 0) is 14.3 Å². The fourth-order valence-corrected chi connectivity index (χ4v) is 4.43. The lowest BCUT2D eigenvalue weighted by molar-refractivity contribution is -0.132. The van der Waals surface area contributed by atoms with Gasteiger partial charge in [0, 0.05) is 44.2 Å². The predicted octanol–water partition coefficient (Wildman–Crippen LogP) is 3.43. The van der Waals surface area contributed by atoms with Crippen LogP contribution in [-0.4, -0.2) is 89.2 Å². The highest BCUT2D eigenvalue weighted by molar-refractivity contribution is 5.93. The number of nitrogens with zero attached hydrogens (tertiary/aromatic N) is 5. The first-order chi connectivity index (χ1) is 18.0. The Bertz CT molecular complexity index is 1200. The lowest BCUT2D eigenvalue weighted by atomic mass is 10.1. The van der Waals surface area contributed by atoms with Gasteiger partial charge in [0.2, 0.25) is 5.91 Å². The number of hydrogen-bond acceptors (Lipinski definition) is 8. The monoisotopic (exact) mass is 508 g/mol. The van der Waals surface area contributed by atoms with E-state index in [0.717, 1.165) is 59.7 Å². The number of carbonyl (C=O) groups excluding carboxylic acids is 1. The minimum atomic E-state index is -0.0422. The Morgan fingerprint density at radius 3 is 2.57 bits per heavy atom. The normalized spacial score (nSPS) is 16.8. The molecule has 198 valence electrons. The maximum atomic E-state index is 12.6. The molecule has 0 unspecified atom stereocenters. The molecule has 2 aliphatic rings. The summed E-state index contributed by atoms with van der Waals surface area (Å²) in [6.45, 7) is 9.21. The van der Waals surface area contributed by atoms with Crippen LogP contribution in [0.3, 0.4) is 0 Å². The van der Waals surface area contributed by atoms with Crippen molar-refractivity contribution in [3.8, 4) is 17.1 Å². The van der Waals surface area contributed by atoms with Crippen molar-refractivity contribution in [2.75, 3.05) is 57.5 Å². The van der Waals surface area contributed by atoms with Crippen molar-refractivity contribution in [1.29, 1.82) is 0 Å². The van der Waals surface area contributed by atoms with Crippen molar-refractivity contribution in [2.24, 2.45) is 0 Å². The summed E-state index contributed by atoms with van der Waals surface area (Å²) in [6.07, 6.45) is 5.13. The molecule has 1 amide bonds. The molecular formula is C27H36N6O4. The average Bonchev–Trinajstić information content (AvgIpc) is 3.49. The van der Waals surface area contributed by atoms with E-state index in [2.05, 4.69) is 38.9 Å². The molecule has 0 spiro atoms. The van der Waals surface area contributed by atoms with Gasteiger partial charge in [0.1, 0.15) is 29.2 Å². The third-order valence-corrected chi connectivity index (χ3v) is 6.89.